The Labute approximate surface area is 97.4 Å². The zero-order chi connectivity index (χ0) is 10.7. The molecule has 0 amide bonds. The van der Waals surface area contributed by atoms with Gasteiger partial charge in [0.1, 0.15) is 5.82 Å². The highest BCUT2D eigenvalue weighted by molar-refractivity contribution is 7.09. The summed E-state index contributed by atoms with van der Waals surface area (Å²) in [6.45, 7) is 4.07. The first kappa shape index (κ1) is 10.6. The van der Waals surface area contributed by atoms with E-state index < -0.39 is 0 Å². The van der Waals surface area contributed by atoms with Gasteiger partial charge in [0.05, 0.1) is 0 Å². The smallest absolute Gasteiger partial charge is 0.202 e. The second-order valence-corrected chi connectivity index (χ2v) is 5.06. The highest BCUT2D eigenvalue weighted by Crippen LogP contribution is 2.14. The average molecular weight is 239 g/mol. The van der Waals surface area contributed by atoms with Gasteiger partial charge in [0.25, 0.3) is 0 Å². The number of hydrogen-bond acceptors (Lipinski definition) is 5. The molecule has 0 radical (unpaired) electrons. The zero-order valence-corrected chi connectivity index (χ0v) is 10.4. The number of aryl methyl sites for hydroxylation is 1. The fourth-order valence-electron chi connectivity index (χ4n) is 1.38. The lowest BCUT2D eigenvalue weighted by Crippen LogP contribution is -2.17. The van der Waals surface area contributed by atoms with Crippen LogP contribution in [0.1, 0.15) is 18.3 Å². The van der Waals surface area contributed by atoms with Crippen molar-refractivity contribution in [2.24, 2.45) is 0 Å². The van der Waals surface area contributed by atoms with Crippen LogP contribution in [-0.4, -0.2) is 15.4 Å². The molecule has 0 saturated carbocycles. The van der Waals surface area contributed by atoms with E-state index in [2.05, 4.69) is 38.4 Å². The summed E-state index contributed by atoms with van der Waals surface area (Å²) in [5.41, 5.74) is 1.38. The first-order chi connectivity index (χ1) is 7.24. The van der Waals surface area contributed by atoms with Gasteiger partial charge in [-0.1, -0.05) is 0 Å². The van der Waals surface area contributed by atoms with Crippen LogP contribution in [0.5, 0.6) is 0 Å². The van der Waals surface area contributed by atoms with Crippen LogP contribution in [0.4, 0.5) is 5.13 Å². The average Bonchev–Trinajstić information content (AvgIpc) is 2.77. The minimum absolute atomic E-state index is 0.395. The summed E-state index contributed by atoms with van der Waals surface area (Å²) in [6.07, 6.45) is 1.03. The number of thiophene rings is 1. The van der Waals surface area contributed by atoms with E-state index >= 15 is 0 Å². The lowest BCUT2D eigenvalue weighted by Gasteiger charge is -2.10. The van der Waals surface area contributed by atoms with E-state index in [1.54, 1.807) is 11.3 Å². The minimum atomic E-state index is 0.395. The van der Waals surface area contributed by atoms with E-state index in [0.29, 0.717) is 6.04 Å². The van der Waals surface area contributed by atoms with Gasteiger partial charge in [-0.15, -0.1) is 0 Å². The lowest BCUT2D eigenvalue weighted by molar-refractivity contribution is 0.790. The molecular weight excluding hydrogens is 226 g/mol. The number of hydrogen-bond donors (Lipinski definition) is 1. The van der Waals surface area contributed by atoms with Gasteiger partial charge in [-0.3, -0.25) is 0 Å². The highest BCUT2D eigenvalue weighted by Gasteiger charge is 2.06. The molecule has 2 rings (SSSR count). The van der Waals surface area contributed by atoms with Crippen LogP contribution in [-0.2, 0) is 6.42 Å². The van der Waals surface area contributed by atoms with Gasteiger partial charge in [0.15, 0.2) is 0 Å². The van der Waals surface area contributed by atoms with Crippen LogP contribution in [0.25, 0.3) is 0 Å². The molecule has 0 aliphatic rings. The summed E-state index contributed by atoms with van der Waals surface area (Å²) in [7, 11) is 0. The Balaban J connectivity index is 1.90. The van der Waals surface area contributed by atoms with Crippen molar-refractivity contribution < 1.29 is 0 Å². The van der Waals surface area contributed by atoms with Crippen LogP contribution in [0.15, 0.2) is 16.8 Å². The monoisotopic (exact) mass is 239 g/mol. The van der Waals surface area contributed by atoms with Gasteiger partial charge in [0.2, 0.25) is 5.13 Å². The normalized spacial score (nSPS) is 12.7. The van der Waals surface area contributed by atoms with Crippen molar-refractivity contribution in [2.75, 3.05) is 5.32 Å². The molecule has 0 aliphatic carbocycles. The van der Waals surface area contributed by atoms with E-state index in [9.17, 15) is 0 Å². The molecular formula is C10H13N3S2. The van der Waals surface area contributed by atoms with E-state index in [-0.39, 0.29) is 0 Å². The standard InChI is InChI=1S/C10H13N3S2/c1-7(5-9-3-4-14-6-9)11-10-12-8(2)13-15-10/h3-4,6-7H,5H2,1-2H3,(H,11,12,13). The van der Waals surface area contributed by atoms with Crippen molar-refractivity contribution >= 4 is 28.0 Å². The van der Waals surface area contributed by atoms with Gasteiger partial charge in [-0.2, -0.15) is 15.7 Å². The maximum Gasteiger partial charge on any atom is 0.202 e. The minimum Gasteiger partial charge on any atom is -0.357 e. The predicted molar refractivity (Wildman–Crippen MR) is 65.8 cm³/mol. The molecule has 0 aromatic carbocycles. The number of anilines is 1. The molecule has 2 heterocycles. The van der Waals surface area contributed by atoms with Crippen LogP contribution >= 0.6 is 22.9 Å². The fraction of sp³-hybridized carbons (Fsp3) is 0.400. The molecule has 1 N–H and O–H groups in total. The van der Waals surface area contributed by atoms with Crippen LogP contribution in [0, 0.1) is 6.92 Å². The molecule has 0 spiro atoms. The Kier molecular flexibility index (Phi) is 3.33. The quantitative estimate of drug-likeness (QED) is 0.891. The van der Waals surface area contributed by atoms with Crippen LogP contribution in [0.2, 0.25) is 0 Å². The number of rotatable bonds is 4. The molecule has 3 nitrogen and oxygen atoms in total. The molecule has 2 aromatic heterocycles. The molecule has 5 heteroatoms. The van der Waals surface area contributed by atoms with Crippen molar-refractivity contribution in [2.45, 2.75) is 26.3 Å². The molecule has 1 atom stereocenters. The Hall–Kier alpha value is -0.940. The van der Waals surface area contributed by atoms with Crippen molar-refractivity contribution in [3.63, 3.8) is 0 Å². The summed E-state index contributed by atoms with van der Waals surface area (Å²) >= 11 is 3.16. The summed E-state index contributed by atoms with van der Waals surface area (Å²) in [4.78, 5) is 4.28. The molecule has 2 aromatic rings. The van der Waals surface area contributed by atoms with Crippen molar-refractivity contribution in [3.8, 4) is 0 Å². The van der Waals surface area contributed by atoms with Crippen molar-refractivity contribution in [3.05, 3.63) is 28.2 Å². The molecule has 0 saturated heterocycles. The van der Waals surface area contributed by atoms with Gasteiger partial charge in [0, 0.05) is 17.6 Å². The number of aromatic nitrogens is 2. The van der Waals surface area contributed by atoms with E-state index in [1.165, 1.54) is 17.1 Å². The van der Waals surface area contributed by atoms with Crippen LogP contribution < -0.4 is 5.32 Å². The number of nitrogens with one attached hydrogen (secondary N) is 1. The van der Waals surface area contributed by atoms with Crippen molar-refractivity contribution in [1.29, 1.82) is 0 Å². The summed E-state index contributed by atoms with van der Waals surface area (Å²) in [5, 5.41) is 8.56. The van der Waals surface area contributed by atoms with Gasteiger partial charge in [-0.25, -0.2) is 4.98 Å². The molecule has 15 heavy (non-hydrogen) atoms. The third-order valence-electron chi connectivity index (χ3n) is 2.02. The molecule has 0 bridgehead atoms. The largest absolute Gasteiger partial charge is 0.357 e. The van der Waals surface area contributed by atoms with Gasteiger partial charge in [-0.05, 0) is 42.7 Å². The van der Waals surface area contributed by atoms with Gasteiger partial charge < -0.3 is 5.32 Å². The van der Waals surface area contributed by atoms with E-state index in [1.807, 2.05) is 6.92 Å². The highest BCUT2D eigenvalue weighted by atomic mass is 32.1. The first-order valence-electron chi connectivity index (χ1n) is 4.82. The molecule has 80 valence electrons. The van der Waals surface area contributed by atoms with Crippen molar-refractivity contribution in [1.82, 2.24) is 9.36 Å². The van der Waals surface area contributed by atoms with E-state index in [4.69, 9.17) is 0 Å². The summed E-state index contributed by atoms with van der Waals surface area (Å²) in [6, 6.07) is 2.56. The third-order valence-corrected chi connectivity index (χ3v) is 3.49. The Morgan fingerprint density at radius 3 is 3.00 bits per heavy atom. The van der Waals surface area contributed by atoms with Gasteiger partial charge >= 0.3 is 0 Å². The third kappa shape index (κ3) is 3.00. The Morgan fingerprint density at radius 2 is 2.40 bits per heavy atom. The number of nitrogens with zero attached hydrogens (tertiary/aromatic N) is 2. The fourth-order valence-corrected chi connectivity index (χ4v) is 2.75. The second-order valence-electron chi connectivity index (χ2n) is 3.53. The second kappa shape index (κ2) is 4.72. The predicted octanol–water partition coefficient (Wildman–Crippen LogP) is 2.95. The SMILES string of the molecule is Cc1nsc(NC(C)Cc2ccsc2)n1. The molecule has 0 aliphatic heterocycles. The Bertz CT molecular complexity index is 408. The summed E-state index contributed by atoms with van der Waals surface area (Å²) < 4.78 is 4.14. The maximum atomic E-state index is 4.28. The lowest BCUT2D eigenvalue weighted by atomic mass is 10.1. The molecule has 0 fully saturated rings. The maximum absolute atomic E-state index is 4.28. The topological polar surface area (TPSA) is 37.8 Å². The summed E-state index contributed by atoms with van der Waals surface area (Å²) in [5.74, 6) is 0.838. The molecule has 1 unspecified atom stereocenters. The zero-order valence-electron chi connectivity index (χ0n) is 8.73. The van der Waals surface area contributed by atoms with E-state index in [0.717, 1.165) is 17.4 Å². The van der Waals surface area contributed by atoms with Crippen LogP contribution in [0.3, 0.4) is 0 Å². The first-order valence-corrected chi connectivity index (χ1v) is 6.53. The Morgan fingerprint density at radius 1 is 1.53 bits per heavy atom.